The van der Waals surface area contributed by atoms with Gasteiger partial charge in [-0.15, -0.1) is 0 Å². The third kappa shape index (κ3) is 2.85. The van der Waals surface area contributed by atoms with E-state index in [-0.39, 0.29) is 5.56 Å². The van der Waals surface area contributed by atoms with E-state index in [0.29, 0.717) is 11.8 Å². The molecular weight excluding hydrogens is 288 g/mol. The van der Waals surface area contributed by atoms with E-state index in [1.54, 1.807) is 43.0 Å². The molecule has 1 aromatic heterocycles. The van der Waals surface area contributed by atoms with Crippen LogP contribution >= 0.6 is 0 Å². The summed E-state index contributed by atoms with van der Waals surface area (Å²) >= 11 is 0. The summed E-state index contributed by atoms with van der Waals surface area (Å²) in [5.41, 5.74) is 1.18. The van der Waals surface area contributed by atoms with Gasteiger partial charge in [-0.3, -0.25) is 4.79 Å². The Morgan fingerprint density at radius 3 is 2.50 bits per heavy atom. The van der Waals surface area contributed by atoms with Gasteiger partial charge in [-0.05, 0) is 36.4 Å². The number of anilines is 1. The van der Waals surface area contributed by atoms with Crippen LogP contribution in [0.2, 0.25) is 0 Å². The minimum absolute atomic E-state index is 0.208. The first-order valence-electron chi connectivity index (χ1n) is 6.48. The van der Waals surface area contributed by atoms with Crippen LogP contribution in [0, 0.1) is 11.6 Å². The van der Waals surface area contributed by atoms with E-state index in [1.165, 1.54) is 0 Å². The van der Waals surface area contributed by atoms with Gasteiger partial charge in [0, 0.05) is 29.8 Å². The summed E-state index contributed by atoms with van der Waals surface area (Å²) in [6, 6.07) is 9.79. The van der Waals surface area contributed by atoms with Crippen molar-refractivity contribution in [1.29, 1.82) is 0 Å². The molecule has 1 amide bonds. The molecule has 0 aliphatic rings. The highest BCUT2D eigenvalue weighted by Crippen LogP contribution is 2.16. The average molecular weight is 299 g/mol. The fourth-order valence-corrected chi connectivity index (χ4v) is 2.00. The molecule has 1 N–H and O–H groups in total. The van der Waals surface area contributed by atoms with Crippen molar-refractivity contribution < 1.29 is 13.6 Å². The second kappa shape index (κ2) is 5.77. The monoisotopic (exact) mass is 299 g/mol. The van der Waals surface area contributed by atoms with Crippen molar-refractivity contribution in [1.82, 2.24) is 9.55 Å². The van der Waals surface area contributed by atoms with Crippen LogP contribution in [0.4, 0.5) is 14.5 Å². The minimum atomic E-state index is -0.896. The molecular formula is C16H11F2N3O. The van der Waals surface area contributed by atoms with Crippen LogP contribution < -0.4 is 5.32 Å². The number of carbonyl (C=O) groups is 1. The van der Waals surface area contributed by atoms with Gasteiger partial charge in [0.25, 0.3) is 5.91 Å². The molecule has 6 heteroatoms. The van der Waals surface area contributed by atoms with Gasteiger partial charge >= 0.3 is 0 Å². The molecule has 0 aliphatic heterocycles. The van der Waals surface area contributed by atoms with E-state index in [0.717, 1.165) is 17.8 Å². The van der Waals surface area contributed by atoms with Gasteiger partial charge in [-0.2, -0.15) is 0 Å². The predicted octanol–water partition coefficient (Wildman–Crippen LogP) is 3.40. The molecule has 0 bridgehead atoms. The molecule has 0 spiro atoms. The zero-order valence-corrected chi connectivity index (χ0v) is 11.3. The Balaban J connectivity index is 1.77. The van der Waals surface area contributed by atoms with E-state index in [2.05, 4.69) is 10.3 Å². The highest BCUT2D eigenvalue weighted by atomic mass is 19.1. The van der Waals surface area contributed by atoms with Gasteiger partial charge in [0.1, 0.15) is 11.6 Å². The number of halogens is 2. The van der Waals surface area contributed by atoms with Crippen LogP contribution in [-0.2, 0) is 0 Å². The lowest BCUT2D eigenvalue weighted by Crippen LogP contribution is -2.13. The summed E-state index contributed by atoms with van der Waals surface area (Å²) in [5.74, 6) is -2.25. The fourth-order valence-electron chi connectivity index (χ4n) is 2.00. The van der Waals surface area contributed by atoms with E-state index in [4.69, 9.17) is 0 Å². The van der Waals surface area contributed by atoms with Crippen molar-refractivity contribution in [3.05, 3.63) is 78.4 Å². The van der Waals surface area contributed by atoms with Gasteiger partial charge in [-0.1, -0.05) is 0 Å². The molecule has 0 unspecified atom stereocenters. The fraction of sp³-hybridized carbons (Fsp3) is 0. The van der Waals surface area contributed by atoms with E-state index < -0.39 is 17.5 Å². The van der Waals surface area contributed by atoms with Crippen LogP contribution in [0.15, 0.2) is 61.2 Å². The van der Waals surface area contributed by atoms with Crippen LogP contribution in [-0.4, -0.2) is 15.5 Å². The molecule has 0 atom stereocenters. The molecule has 22 heavy (non-hydrogen) atoms. The Morgan fingerprint density at radius 2 is 1.86 bits per heavy atom. The Hall–Kier alpha value is -3.02. The van der Waals surface area contributed by atoms with Gasteiger partial charge < -0.3 is 9.88 Å². The maximum absolute atomic E-state index is 13.5. The number of hydrogen-bond donors (Lipinski definition) is 1. The lowest BCUT2D eigenvalue weighted by atomic mass is 10.2. The summed E-state index contributed by atoms with van der Waals surface area (Å²) < 4.78 is 28.2. The number of benzene rings is 2. The molecule has 0 saturated carbocycles. The molecule has 0 aliphatic carbocycles. The molecule has 0 fully saturated rings. The molecule has 0 saturated heterocycles. The number of imidazole rings is 1. The summed E-state index contributed by atoms with van der Waals surface area (Å²) in [7, 11) is 0. The van der Waals surface area contributed by atoms with E-state index in [9.17, 15) is 13.6 Å². The smallest absolute Gasteiger partial charge is 0.258 e. The van der Waals surface area contributed by atoms with E-state index in [1.807, 2.05) is 4.57 Å². The maximum atomic E-state index is 13.5. The van der Waals surface area contributed by atoms with Gasteiger partial charge in [0.15, 0.2) is 0 Å². The maximum Gasteiger partial charge on any atom is 0.258 e. The number of nitrogens with one attached hydrogen (secondary N) is 1. The molecule has 3 rings (SSSR count). The first kappa shape index (κ1) is 13.9. The van der Waals surface area contributed by atoms with Crippen LogP contribution in [0.25, 0.3) is 5.69 Å². The standard InChI is InChI=1S/C16H11F2N3O/c17-11-1-6-14(15(18)9-11)16(22)20-12-2-4-13(5-3-12)21-8-7-19-10-21/h1-10H,(H,20,22). The summed E-state index contributed by atoms with van der Waals surface area (Å²) in [6.45, 7) is 0. The Morgan fingerprint density at radius 1 is 1.09 bits per heavy atom. The third-order valence-corrected chi connectivity index (χ3v) is 3.10. The normalized spacial score (nSPS) is 10.5. The zero-order chi connectivity index (χ0) is 15.5. The van der Waals surface area contributed by atoms with Crippen molar-refractivity contribution in [3.8, 4) is 5.69 Å². The van der Waals surface area contributed by atoms with Gasteiger partial charge in [0.2, 0.25) is 0 Å². The number of hydrogen-bond acceptors (Lipinski definition) is 2. The van der Waals surface area contributed by atoms with Crippen molar-refractivity contribution in [2.24, 2.45) is 0 Å². The molecule has 110 valence electrons. The van der Waals surface area contributed by atoms with Crippen molar-refractivity contribution in [2.45, 2.75) is 0 Å². The summed E-state index contributed by atoms with van der Waals surface area (Å²) in [5, 5.41) is 2.56. The SMILES string of the molecule is O=C(Nc1ccc(-n2ccnc2)cc1)c1ccc(F)cc1F. The number of rotatable bonds is 3. The third-order valence-electron chi connectivity index (χ3n) is 3.10. The number of carbonyl (C=O) groups excluding carboxylic acids is 1. The molecule has 1 heterocycles. The lowest BCUT2D eigenvalue weighted by molar-refractivity contribution is 0.102. The van der Waals surface area contributed by atoms with Crippen molar-refractivity contribution in [3.63, 3.8) is 0 Å². The zero-order valence-electron chi connectivity index (χ0n) is 11.3. The largest absolute Gasteiger partial charge is 0.322 e. The quantitative estimate of drug-likeness (QED) is 0.805. The number of nitrogens with zero attached hydrogens (tertiary/aromatic N) is 2. The molecule has 3 aromatic rings. The Labute approximate surface area is 125 Å². The van der Waals surface area contributed by atoms with Crippen LogP contribution in [0.3, 0.4) is 0 Å². The van der Waals surface area contributed by atoms with Gasteiger partial charge in [0.05, 0.1) is 11.9 Å². The molecule has 2 aromatic carbocycles. The van der Waals surface area contributed by atoms with Crippen LogP contribution in [0.5, 0.6) is 0 Å². The lowest BCUT2D eigenvalue weighted by Gasteiger charge is -2.08. The molecule has 4 nitrogen and oxygen atoms in total. The second-order valence-corrected chi connectivity index (χ2v) is 4.60. The first-order chi connectivity index (χ1) is 10.6. The van der Waals surface area contributed by atoms with E-state index >= 15 is 0 Å². The number of aromatic nitrogens is 2. The minimum Gasteiger partial charge on any atom is -0.322 e. The van der Waals surface area contributed by atoms with Crippen LogP contribution in [0.1, 0.15) is 10.4 Å². The highest BCUT2D eigenvalue weighted by molar-refractivity contribution is 6.04. The van der Waals surface area contributed by atoms with Crippen molar-refractivity contribution in [2.75, 3.05) is 5.32 Å². The summed E-state index contributed by atoms with van der Waals surface area (Å²) in [4.78, 5) is 15.9. The average Bonchev–Trinajstić information content (AvgIpc) is 3.02. The summed E-state index contributed by atoms with van der Waals surface area (Å²) in [6.07, 6.45) is 5.11. The topological polar surface area (TPSA) is 46.9 Å². The molecule has 0 radical (unpaired) electrons. The second-order valence-electron chi connectivity index (χ2n) is 4.60. The highest BCUT2D eigenvalue weighted by Gasteiger charge is 2.12. The number of amides is 1. The Bertz CT molecular complexity index is 799. The predicted molar refractivity (Wildman–Crippen MR) is 77.9 cm³/mol. The first-order valence-corrected chi connectivity index (χ1v) is 6.48. The Kier molecular flexibility index (Phi) is 3.65. The van der Waals surface area contributed by atoms with Crippen molar-refractivity contribution >= 4 is 11.6 Å². The van der Waals surface area contributed by atoms with Gasteiger partial charge in [-0.25, -0.2) is 13.8 Å².